The molecule has 1 heterocycles. The number of carbonyl (C=O) groups is 1. The lowest BCUT2D eigenvalue weighted by Gasteiger charge is -2.03. The Kier molecular flexibility index (Phi) is 1.84. The second-order valence-electron chi connectivity index (χ2n) is 4.01. The minimum Gasteiger partial charge on any atom is -0.308 e. The zero-order valence-corrected chi connectivity index (χ0v) is 9.03. The van der Waals surface area contributed by atoms with Gasteiger partial charge in [-0.25, -0.2) is 4.39 Å². The maximum absolute atomic E-state index is 13.2. The van der Waals surface area contributed by atoms with Gasteiger partial charge in [0.2, 0.25) is 5.78 Å². The van der Waals surface area contributed by atoms with Gasteiger partial charge in [-0.2, -0.15) is 0 Å². The highest BCUT2D eigenvalue weighted by atomic mass is 19.1. The van der Waals surface area contributed by atoms with Crippen molar-refractivity contribution in [2.45, 2.75) is 0 Å². The van der Waals surface area contributed by atoms with Crippen molar-refractivity contribution in [2.24, 2.45) is 7.05 Å². The maximum atomic E-state index is 13.2. The van der Waals surface area contributed by atoms with Crippen molar-refractivity contribution >= 4 is 5.78 Å². The van der Waals surface area contributed by atoms with Crippen LogP contribution in [-0.4, -0.2) is 10.4 Å². The molecule has 0 radical (unpaired) electrons. The van der Waals surface area contributed by atoms with Crippen molar-refractivity contribution in [3.63, 3.8) is 0 Å². The molecule has 0 saturated heterocycles. The Morgan fingerprint density at radius 3 is 2.47 bits per heavy atom. The second kappa shape index (κ2) is 3.13. The minimum absolute atomic E-state index is 0.227. The van der Waals surface area contributed by atoms with Crippen molar-refractivity contribution in [2.75, 3.05) is 0 Å². The summed E-state index contributed by atoms with van der Waals surface area (Å²) < 4.78 is 14.5. The molecule has 0 fully saturated rings. The topological polar surface area (TPSA) is 39.1 Å². The fraction of sp³-hybridized carbons (Fsp3) is 0.0769. The van der Waals surface area contributed by atoms with E-state index in [-0.39, 0.29) is 11.3 Å². The Hall–Kier alpha value is -2.23. The molecule has 1 aliphatic carbocycles. The highest BCUT2D eigenvalue weighted by Crippen LogP contribution is 2.35. The molecule has 84 valence electrons. The van der Waals surface area contributed by atoms with Gasteiger partial charge in [0, 0.05) is 24.2 Å². The van der Waals surface area contributed by atoms with Crippen molar-refractivity contribution in [1.82, 2.24) is 4.57 Å². The van der Waals surface area contributed by atoms with Crippen molar-refractivity contribution in [3.05, 3.63) is 57.8 Å². The maximum Gasteiger partial charge on any atom is 0.250 e. The first kappa shape index (κ1) is 9.96. The van der Waals surface area contributed by atoms with Gasteiger partial charge in [0.25, 0.3) is 5.56 Å². The zero-order chi connectivity index (χ0) is 12.2. The lowest BCUT2D eigenvalue weighted by atomic mass is 10.1. The number of carbonyl (C=O) groups excluding carboxylic acids is 1. The van der Waals surface area contributed by atoms with Gasteiger partial charge in [-0.05, 0) is 29.8 Å². The summed E-state index contributed by atoms with van der Waals surface area (Å²) in [4.78, 5) is 23.6. The Labute approximate surface area is 96.1 Å². The lowest BCUT2D eigenvalue weighted by Crippen LogP contribution is -2.20. The standard InChI is InChI=1S/C13H8FNO2/c1-15-11(16)5-4-8-10-6-7(14)2-3-9(10)13(17)12(8)15/h2-6H,1H3. The average Bonchev–Trinajstić information content (AvgIpc) is 2.58. The number of aromatic nitrogens is 1. The first-order valence-electron chi connectivity index (χ1n) is 5.14. The van der Waals surface area contributed by atoms with Gasteiger partial charge in [0.1, 0.15) is 5.82 Å². The Bertz CT molecular complexity index is 716. The number of hydrogen-bond acceptors (Lipinski definition) is 2. The van der Waals surface area contributed by atoms with Crippen LogP contribution in [0, 0.1) is 5.82 Å². The SMILES string of the molecule is Cn1c2c(ccc1=O)-c1cc(F)ccc1C2=O. The molecule has 0 N–H and O–H groups in total. The lowest BCUT2D eigenvalue weighted by molar-refractivity contribution is 0.103. The molecule has 17 heavy (non-hydrogen) atoms. The molecule has 0 atom stereocenters. The number of pyridine rings is 1. The fourth-order valence-electron chi connectivity index (χ4n) is 2.19. The summed E-state index contributed by atoms with van der Waals surface area (Å²) in [5.74, 6) is -0.617. The van der Waals surface area contributed by atoms with Crippen LogP contribution in [0.1, 0.15) is 16.1 Å². The number of hydrogen-bond donors (Lipinski definition) is 0. The molecule has 0 unspecified atom stereocenters. The smallest absolute Gasteiger partial charge is 0.250 e. The summed E-state index contributed by atoms with van der Waals surface area (Å²) in [6, 6.07) is 6.98. The summed E-state index contributed by atoms with van der Waals surface area (Å²) in [6.45, 7) is 0. The zero-order valence-electron chi connectivity index (χ0n) is 9.03. The van der Waals surface area contributed by atoms with Crippen LogP contribution in [0.15, 0.2) is 35.1 Å². The van der Waals surface area contributed by atoms with Crippen molar-refractivity contribution < 1.29 is 9.18 Å². The Morgan fingerprint density at radius 1 is 1.00 bits per heavy atom. The molecule has 4 heteroatoms. The first-order valence-corrected chi connectivity index (χ1v) is 5.14. The summed E-state index contributed by atoms with van der Waals surface area (Å²) >= 11 is 0. The molecule has 0 amide bonds. The largest absolute Gasteiger partial charge is 0.308 e. The summed E-state index contributed by atoms with van der Waals surface area (Å²) in [5.41, 5.74) is 1.71. The molecule has 2 aromatic rings. The van der Waals surface area contributed by atoms with E-state index in [1.807, 2.05) is 0 Å². The van der Waals surface area contributed by atoms with E-state index < -0.39 is 5.82 Å². The minimum atomic E-state index is -0.391. The van der Waals surface area contributed by atoms with Gasteiger partial charge in [-0.15, -0.1) is 0 Å². The molecule has 1 aliphatic rings. The van der Waals surface area contributed by atoms with Crippen LogP contribution in [0.2, 0.25) is 0 Å². The van der Waals surface area contributed by atoms with Crippen molar-refractivity contribution in [3.8, 4) is 11.1 Å². The summed E-state index contributed by atoms with van der Waals surface area (Å²) in [7, 11) is 1.54. The molecule has 1 aromatic carbocycles. The van der Waals surface area contributed by atoms with Crippen molar-refractivity contribution in [1.29, 1.82) is 0 Å². The first-order chi connectivity index (χ1) is 8.09. The van der Waals surface area contributed by atoms with Crippen LogP contribution >= 0.6 is 0 Å². The fourth-order valence-corrected chi connectivity index (χ4v) is 2.19. The van der Waals surface area contributed by atoms with Gasteiger partial charge in [0.05, 0.1) is 5.69 Å². The highest BCUT2D eigenvalue weighted by molar-refractivity contribution is 6.20. The van der Waals surface area contributed by atoms with E-state index in [9.17, 15) is 14.0 Å². The summed E-state index contributed by atoms with van der Waals surface area (Å²) in [5, 5.41) is 0. The molecular formula is C13H8FNO2. The van der Waals surface area contributed by atoms with Crippen LogP contribution in [0.4, 0.5) is 4.39 Å². The van der Waals surface area contributed by atoms with Gasteiger partial charge in [-0.3, -0.25) is 9.59 Å². The molecule has 0 spiro atoms. The van der Waals surface area contributed by atoms with E-state index in [2.05, 4.69) is 0 Å². The molecule has 3 nitrogen and oxygen atoms in total. The monoisotopic (exact) mass is 229 g/mol. The molecule has 3 rings (SSSR count). The van der Waals surface area contributed by atoms with E-state index in [1.165, 1.54) is 28.8 Å². The predicted octanol–water partition coefficient (Wildman–Crippen LogP) is 1.74. The third-order valence-corrected chi connectivity index (χ3v) is 3.05. The van der Waals surface area contributed by atoms with Crippen LogP contribution in [0.25, 0.3) is 11.1 Å². The number of nitrogens with zero attached hydrogens (tertiary/aromatic N) is 1. The Morgan fingerprint density at radius 2 is 1.71 bits per heavy atom. The van der Waals surface area contributed by atoms with Crippen LogP contribution in [0.3, 0.4) is 0 Å². The summed E-state index contributed by atoms with van der Waals surface area (Å²) in [6.07, 6.45) is 0. The van der Waals surface area contributed by atoms with Gasteiger partial charge in [0.15, 0.2) is 0 Å². The van der Waals surface area contributed by atoms with Crippen LogP contribution in [-0.2, 0) is 7.05 Å². The average molecular weight is 229 g/mol. The third kappa shape index (κ3) is 1.21. The van der Waals surface area contributed by atoms with Crippen LogP contribution < -0.4 is 5.56 Å². The molecule has 1 aromatic heterocycles. The molecule has 0 bridgehead atoms. The van der Waals surface area contributed by atoms with Gasteiger partial charge in [-0.1, -0.05) is 0 Å². The van der Waals surface area contributed by atoms with E-state index in [0.29, 0.717) is 22.4 Å². The second-order valence-corrected chi connectivity index (χ2v) is 4.01. The van der Waals surface area contributed by atoms with E-state index >= 15 is 0 Å². The Balaban J connectivity index is 2.44. The quantitative estimate of drug-likeness (QED) is 0.589. The van der Waals surface area contributed by atoms with Gasteiger partial charge >= 0.3 is 0 Å². The van der Waals surface area contributed by atoms with Gasteiger partial charge < -0.3 is 4.57 Å². The molecule has 0 saturated carbocycles. The predicted molar refractivity (Wildman–Crippen MR) is 60.5 cm³/mol. The number of halogens is 1. The highest BCUT2D eigenvalue weighted by Gasteiger charge is 2.29. The number of fused-ring (bicyclic) bond motifs is 3. The molecular weight excluding hydrogens is 221 g/mol. The normalized spacial score (nSPS) is 12.5. The third-order valence-electron chi connectivity index (χ3n) is 3.05. The van der Waals surface area contributed by atoms with Crippen LogP contribution in [0.5, 0.6) is 0 Å². The number of ketones is 1. The molecule has 0 aliphatic heterocycles. The number of rotatable bonds is 0. The number of benzene rings is 1. The van der Waals surface area contributed by atoms with E-state index in [4.69, 9.17) is 0 Å². The van der Waals surface area contributed by atoms with E-state index in [1.54, 1.807) is 13.1 Å². The van der Waals surface area contributed by atoms with E-state index in [0.717, 1.165) is 0 Å².